The van der Waals surface area contributed by atoms with Gasteiger partial charge in [0.25, 0.3) is 0 Å². The predicted molar refractivity (Wildman–Crippen MR) is 414 cm³/mol. The quantitative estimate of drug-likeness (QED) is 0.0593. The van der Waals surface area contributed by atoms with Crippen molar-refractivity contribution in [1.29, 1.82) is 0 Å². The van der Waals surface area contributed by atoms with Gasteiger partial charge in [0.1, 0.15) is 34.0 Å². The van der Waals surface area contributed by atoms with Crippen molar-refractivity contribution in [3.63, 3.8) is 0 Å². The van der Waals surface area contributed by atoms with Gasteiger partial charge in [-0.1, -0.05) is 88.8 Å². The highest BCUT2D eigenvalue weighted by Crippen LogP contribution is 2.39. The van der Waals surface area contributed by atoms with Crippen LogP contribution in [-0.2, 0) is 23.9 Å². The molecule has 9 aromatic heterocycles. The van der Waals surface area contributed by atoms with Crippen molar-refractivity contribution in [2.24, 2.45) is 0 Å². The lowest BCUT2D eigenvalue weighted by molar-refractivity contribution is -0.156. The van der Waals surface area contributed by atoms with Crippen molar-refractivity contribution in [1.82, 2.24) is 73.9 Å². The Morgan fingerprint density at radius 2 is 0.873 bits per heavy atom. The fourth-order valence-electron chi connectivity index (χ4n) is 12.0. The molecule has 0 amide bonds. The maximum atomic E-state index is 12.2. The molecule has 15 rings (SSSR count). The molecule has 0 fully saturated rings. The first-order chi connectivity index (χ1) is 48.9. The predicted octanol–water partition coefficient (Wildman–Crippen LogP) is 13.6. The number of alkyl halides is 1. The smallest absolute Gasteiger partial charge is 0.320 e. The number of carboxylic acid groups (broad SMARTS) is 1. The van der Waals surface area contributed by atoms with Gasteiger partial charge in [-0.3, -0.25) is 39.1 Å². The van der Waals surface area contributed by atoms with Crippen molar-refractivity contribution in [2.75, 3.05) is 74.9 Å². The lowest BCUT2D eigenvalue weighted by Gasteiger charge is -2.27. The number of rotatable bonds is 11. The molecule has 0 radical (unpaired) electrons. The van der Waals surface area contributed by atoms with E-state index in [1.165, 1.54) is 5.57 Å². The number of anilines is 3. The number of nitrogens with one attached hydrogen (secondary N) is 1. The van der Waals surface area contributed by atoms with Gasteiger partial charge in [-0.05, 0) is 168 Å². The van der Waals surface area contributed by atoms with Gasteiger partial charge in [0.2, 0.25) is 0 Å². The Bertz CT molecular complexity index is 5310. The van der Waals surface area contributed by atoms with Crippen LogP contribution in [-0.4, -0.2) is 160 Å². The summed E-state index contributed by atoms with van der Waals surface area (Å²) >= 11 is 13.8. The third-order valence-corrected chi connectivity index (χ3v) is 19.6. The molecule has 3 aromatic carbocycles. The number of hydrogen-bond donors (Lipinski definition) is 5. The van der Waals surface area contributed by atoms with E-state index >= 15 is 0 Å². The summed E-state index contributed by atoms with van der Waals surface area (Å²) in [6.07, 6.45) is 19.5. The van der Waals surface area contributed by atoms with Crippen LogP contribution in [0.5, 0.6) is 0 Å². The average molecular weight is 1630 g/mol. The minimum atomic E-state index is -0.824. The zero-order valence-corrected chi connectivity index (χ0v) is 63.2. The fraction of sp³-hybridized carbons (Fsp3) is 0.270. The molecule has 0 aliphatic carbocycles. The number of hydrogen-bond acceptors (Lipinski definition) is 20. The van der Waals surface area contributed by atoms with Gasteiger partial charge >= 0.3 is 17.9 Å². The molecule has 12 aromatic rings. The molecule has 24 nitrogen and oxygen atoms in total. The second kappa shape index (κ2) is 31.0. The maximum absolute atomic E-state index is 12.2. The van der Waals surface area contributed by atoms with Crippen molar-refractivity contribution >= 4 is 165 Å². The minimum Gasteiger partial charge on any atom is -0.480 e. The Balaban J connectivity index is 0.000000137. The Labute approximate surface area is 621 Å². The first-order valence-corrected chi connectivity index (χ1v) is 36.4. The Morgan fingerprint density at radius 1 is 0.510 bits per heavy atom. The van der Waals surface area contributed by atoms with Gasteiger partial charge in [0.05, 0.1) is 78.7 Å². The molecule has 0 saturated carbocycles. The van der Waals surface area contributed by atoms with E-state index in [9.17, 15) is 14.4 Å². The number of fused-ring (bicyclic) bond motifs is 6. The number of aromatic nitrogens is 12. The Hall–Kier alpha value is -9.42. The summed E-state index contributed by atoms with van der Waals surface area (Å²) in [5.74, 6) is 0.245. The summed E-state index contributed by atoms with van der Waals surface area (Å²) in [5.41, 5.74) is 34.5. The molecule has 12 heterocycles. The molecule has 3 aliphatic heterocycles. The number of carbonyl (C=O) groups excluding carboxylic acids is 2. The monoisotopic (exact) mass is 1630 g/mol. The van der Waals surface area contributed by atoms with Gasteiger partial charge in [-0.25, -0.2) is 15.0 Å². The molecule has 102 heavy (non-hydrogen) atoms. The van der Waals surface area contributed by atoms with Crippen LogP contribution in [0.3, 0.4) is 0 Å². The van der Waals surface area contributed by atoms with Crippen LogP contribution in [0.15, 0.2) is 160 Å². The second-order valence-corrected chi connectivity index (χ2v) is 29.4. The topological polar surface area (TPSA) is 316 Å². The molecule has 0 unspecified atom stereocenters. The summed E-state index contributed by atoms with van der Waals surface area (Å²) in [5, 5.41) is 29.2. The molecule has 8 N–H and O–H groups in total. The zero-order valence-electron chi connectivity index (χ0n) is 56.8. The van der Waals surface area contributed by atoms with Crippen LogP contribution < -0.4 is 22.5 Å². The van der Waals surface area contributed by atoms with Gasteiger partial charge < -0.3 is 37.1 Å². The molecule has 0 atom stereocenters. The highest BCUT2D eigenvalue weighted by atomic mass is 79.9. The molecule has 0 spiro atoms. The van der Waals surface area contributed by atoms with E-state index in [0.29, 0.717) is 63.7 Å². The molecule has 0 saturated heterocycles. The highest BCUT2D eigenvalue weighted by Gasteiger charge is 2.27. The number of para-hydroxylation sites is 3. The summed E-state index contributed by atoms with van der Waals surface area (Å²) < 4.78 is 17.5. The van der Waals surface area contributed by atoms with E-state index in [0.717, 1.165) is 137 Å². The van der Waals surface area contributed by atoms with Gasteiger partial charge in [-0.15, -0.1) is 0 Å². The number of carbonyl (C=O) groups is 3. The van der Waals surface area contributed by atoms with Crippen LogP contribution in [0.1, 0.15) is 77.9 Å². The van der Waals surface area contributed by atoms with Crippen molar-refractivity contribution in [2.45, 2.75) is 72.0 Å². The van der Waals surface area contributed by atoms with Crippen molar-refractivity contribution in [3.8, 4) is 33.4 Å². The van der Waals surface area contributed by atoms with Gasteiger partial charge in [0, 0.05) is 101 Å². The summed E-state index contributed by atoms with van der Waals surface area (Å²) in [4.78, 5) is 66.2. The highest BCUT2D eigenvalue weighted by molar-refractivity contribution is 9.11. The third-order valence-electron chi connectivity index (χ3n) is 16.8. The van der Waals surface area contributed by atoms with Crippen LogP contribution in [0.2, 0.25) is 0 Å². The zero-order chi connectivity index (χ0) is 72.1. The number of esters is 2. The van der Waals surface area contributed by atoms with E-state index in [2.05, 4.69) is 141 Å². The number of benzene rings is 3. The van der Waals surface area contributed by atoms with Crippen molar-refractivity contribution in [3.05, 3.63) is 177 Å². The SMILES string of the molecule is CC(C)(C)OC(=O)CBr.CC(C)(C)OC(=O)CN1CC=C(c2nc3c(-c4cnc5ccccc5c4)cnn3c(N)c2Br)CC1.Nc1c(Br)c(C2=CCN(CC(=O)O)CC2)nc2c(-c3cnc4ccccc4c3)cnn12.Nc1c(Br)c(C2=CCNCC2)nc2c(-c3cnc4ccccc4c3)cnn12. The fourth-order valence-corrected chi connectivity index (χ4v) is 13.6. The number of nitrogens with two attached hydrogens (primary N) is 3. The number of ether oxygens (including phenoxy) is 2. The average Bonchev–Trinajstić information content (AvgIpc) is 1.53. The number of pyridine rings is 3. The van der Waals surface area contributed by atoms with Crippen LogP contribution >= 0.6 is 63.7 Å². The van der Waals surface area contributed by atoms with E-state index in [1.54, 1.807) is 32.1 Å². The Kier molecular flexibility index (Phi) is 22.0. The molecule has 524 valence electrons. The molecule has 0 bridgehead atoms. The second-order valence-electron chi connectivity index (χ2n) is 26.4. The summed E-state index contributed by atoms with van der Waals surface area (Å²) in [6, 6.07) is 30.3. The van der Waals surface area contributed by atoms with E-state index in [-0.39, 0.29) is 36.0 Å². The third kappa shape index (κ3) is 16.5. The van der Waals surface area contributed by atoms with Crippen LogP contribution in [0, 0.1) is 0 Å². The van der Waals surface area contributed by atoms with Gasteiger partial charge in [0.15, 0.2) is 16.9 Å². The molecular weight excluding hydrogens is 1560 g/mol. The summed E-state index contributed by atoms with van der Waals surface area (Å²) in [6.45, 7) is 15.8. The number of nitrogen functional groups attached to an aromatic ring is 3. The van der Waals surface area contributed by atoms with Crippen LogP contribution in [0.25, 0.3) is 99.8 Å². The van der Waals surface area contributed by atoms with Gasteiger partial charge in [-0.2, -0.15) is 28.8 Å². The molecular formula is C74H74Br4N18O6. The lowest BCUT2D eigenvalue weighted by Crippen LogP contribution is -2.37. The van der Waals surface area contributed by atoms with Crippen molar-refractivity contribution < 1.29 is 29.0 Å². The lowest BCUT2D eigenvalue weighted by atomic mass is 10.0. The standard InChI is InChI=1S/C26H27BrN6O2.C22H19BrN6O2.C20H17BrN6.C6H11BrO2/c1-26(2,3)35-21(34)15-32-10-8-16(9-11-32)23-22(27)24(28)33-25(31-23)19(14-30-33)18-12-17-6-4-5-7-20(17)29-13-18;23-19-20(13-5-7-28(8-6-13)12-18(30)31)27-22-16(11-26-29(22)21(19)24)15-9-14-3-1-2-4-17(14)25-10-15;21-17-18(12-5-7-23-8-6-12)26-20-15(11-25-27(20)19(17)22)14-9-13-3-1-2-4-16(13)24-10-14;1-6(2,3)9-5(8)4-7/h4-8,12-14H,9-11,15,28H2,1-3H3;1-5,9-11H,6-8,12,24H2,(H,30,31);1-5,9-11,23H,6-8,22H2;4H2,1-3H3. The number of halogens is 4. The first-order valence-electron chi connectivity index (χ1n) is 32.9. The number of carboxylic acids is 1. The van der Waals surface area contributed by atoms with E-state index < -0.39 is 11.6 Å². The first kappa shape index (κ1) is 72.4. The Morgan fingerprint density at radius 3 is 1.20 bits per heavy atom. The minimum absolute atomic E-state index is 0.0291. The summed E-state index contributed by atoms with van der Waals surface area (Å²) in [7, 11) is 0. The maximum Gasteiger partial charge on any atom is 0.320 e. The number of nitrogens with zero attached hydrogens (tertiary/aromatic N) is 14. The molecule has 28 heteroatoms. The van der Waals surface area contributed by atoms with Crippen LogP contribution in [0.4, 0.5) is 17.5 Å². The molecule has 3 aliphatic rings. The van der Waals surface area contributed by atoms with E-state index in [4.69, 9.17) is 46.7 Å². The van der Waals surface area contributed by atoms with E-state index in [1.807, 2.05) is 138 Å². The number of aliphatic carboxylic acids is 1. The largest absolute Gasteiger partial charge is 0.480 e. The normalized spacial score (nSPS) is 14.5.